The zero-order valence-electron chi connectivity index (χ0n) is 24.0. The summed E-state index contributed by atoms with van der Waals surface area (Å²) >= 11 is 1.78. The predicted molar refractivity (Wildman–Crippen MR) is 161 cm³/mol. The van der Waals surface area contributed by atoms with E-state index in [-0.39, 0.29) is 11.9 Å². The molecular formula is C31H47N3O2S. The first-order valence-corrected chi connectivity index (χ1v) is 13.6. The molecule has 204 valence electrons. The number of allylic oxidation sites excluding steroid dienone is 1. The Labute approximate surface area is 229 Å². The van der Waals surface area contributed by atoms with Crippen molar-refractivity contribution >= 4 is 17.1 Å². The van der Waals surface area contributed by atoms with Crippen molar-refractivity contribution in [3.8, 4) is 0 Å². The van der Waals surface area contributed by atoms with Gasteiger partial charge in [-0.1, -0.05) is 84.8 Å². The maximum Gasteiger partial charge on any atom is 0.202 e. The summed E-state index contributed by atoms with van der Waals surface area (Å²) in [6.07, 6.45) is 0.655. The Morgan fingerprint density at radius 2 is 1.43 bits per heavy atom. The number of hydrogen-bond donors (Lipinski definition) is 2. The standard InChI is InChI=1S/C12H25N3O2.2C7H8.C5H6S/c1-6-10(8-13)17-11(9(3)16)12(14-7-2)15(4)5;2*1-7-5-3-2-4-6-7;1-5-3-2-4-6-5/h10,14H,6-8,13H2,1-5H3;2*2-6H,1H3;2-4H,1H3/b12-11+;;;. The minimum Gasteiger partial charge on any atom is -0.482 e. The number of ether oxygens (including phenoxy) is 1. The highest BCUT2D eigenvalue weighted by atomic mass is 32.1. The van der Waals surface area contributed by atoms with Crippen molar-refractivity contribution in [3.63, 3.8) is 0 Å². The molecule has 6 heteroatoms. The van der Waals surface area contributed by atoms with Crippen LogP contribution >= 0.6 is 11.3 Å². The molecule has 0 saturated heterocycles. The fraction of sp³-hybridized carbons (Fsp3) is 0.387. The van der Waals surface area contributed by atoms with Gasteiger partial charge in [-0.3, -0.25) is 4.79 Å². The number of benzene rings is 2. The van der Waals surface area contributed by atoms with Crippen LogP contribution in [0.1, 0.15) is 43.2 Å². The second-order valence-electron chi connectivity index (χ2n) is 8.58. The predicted octanol–water partition coefficient (Wildman–Crippen LogP) is 6.72. The van der Waals surface area contributed by atoms with Gasteiger partial charge in [0.1, 0.15) is 11.9 Å². The van der Waals surface area contributed by atoms with Crippen LogP contribution in [0, 0.1) is 20.8 Å². The van der Waals surface area contributed by atoms with Crippen molar-refractivity contribution < 1.29 is 9.53 Å². The van der Waals surface area contributed by atoms with Crippen LogP contribution in [-0.2, 0) is 9.53 Å². The van der Waals surface area contributed by atoms with Gasteiger partial charge in [0, 0.05) is 39.0 Å². The molecule has 1 heterocycles. The van der Waals surface area contributed by atoms with Gasteiger partial charge in [0.25, 0.3) is 0 Å². The molecule has 0 radical (unpaired) electrons. The lowest BCUT2D eigenvalue weighted by atomic mass is 10.2. The number of Topliss-reactive ketones (excluding diaryl/α,β-unsaturated/α-hetero) is 1. The second-order valence-corrected chi connectivity index (χ2v) is 9.73. The lowest BCUT2D eigenvalue weighted by Gasteiger charge is -2.24. The van der Waals surface area contributed by atoms with Crippen molar-refractivity contribution in [3.05, 3.63) is 106 Å². The minimum atomic E-state index is -0.123. The summed E-state index contributed by atoms with van der Waals surface area (Å²) < 4.78 is 5.69. The Morgan fingerprint density at radius 1 is 0.919 bits per heavy atom. The van der Waals surface area contributed by atoms with Crippen LogP contribution in [0.5, 0.6) is 0 Å². The van der Waals surface area contributed by atoms with Crippen molar-refractivity contribution in [1.82, 2.24) is 10.2 Å². The summed E-state index contributed by atoms with van der Waals surface area (Å²) in [4.78, 5) is 14.9. The van der Waals surface area contributed by atoms with Crippen molar-refractivity contribution in [2.24, 2.45) is 5.73 Å². The zero-order valence-corrected chi connectivity index (χ0v) is 24.8. The lowest BCUT2D eigenvalue weighted by Crippen LogP contribution is -2.32. The molecule has 0 amide bonds. The van der Waals surface area contributed by atoms with Gasteiger partial charge < -0.3 is 20.7 Å². The van der Waals surface area contributed by atoms with E-state index in [1.807, 2.05) is 69.2 Å². The molecule has 0 aliphatic rings. The highest BCUT2D eigenvalue weighted by Crippen LogP contribution is 2.12. The maximum absolute atomic E-state index is 11.6. The summed E-state index contributed by atoms with van der Waals surface area (Å²) in [6, 6.07) is 24.7. The third-order valence-corrected chi connectivity index (χ3v) is 5.67. The fourth-order valence-corrected chi connectivity index (χ4v) is 3.34. The minimum absolute atomic E-state index is 0.0958. The molecule has 0 aliphatic heterocycles. The number of carbonyl (C=O) groups is 1. The smallest absolute Gasteiger partial charge is 0.202 e. The van der Waals surface area contributed by atoms with Crippen LogP contribution < -0.4 is 11.1 Å². The van der Waals surface area contributed by atoms with E-state index in [0.29, 0.717) is 18.1 Å². The van der Waals surface area contributed by atoms with Gasteiger partial charge >= 0.3 is 0 Å². The van der Waals surface area contributed by atoms with E-state index in [2.05, 4.69) is 67.9 Å². The summed E-state index contributed by atoms with van der Waals surface area (Å²) in [5.74, 6) is 0.961. The van der Waals surface area contributed by atoms with Crippen molar-refractivity contribution in [2.75, 3.05) is 27.2 Å². The van der Waals surface area contributed by atoms with E-state index in [1.54, 1.807) is 11.3 Å². The number of nitrogens with one attached hydrogen (secondary N) is 1. The molecule has 0 fully saturated rings. The van der Waals surface area contributed by atoms with Gasteiger partial charge in [-0.15, -0.1) is 11.3 Å². The van der Waals surface area contributed by atoms with Gasteiger partial charge in [-0.2, -0.15) is 0 Å². The molecule has 37 heavy (non-hydrogen) atoms. The topological polar surface area (TPSA) is 67.6 Å². The summed E-state index contributed by atoms with van der Waals surface area (Å²) in [7, 11) is 3.74. The third-order valence-electron chi connectivity index (χ3n) is 4.87. The van der Waals surface area contributed by atoms with Crippen LogP contribution in [0.3, 0.4) is 0 Å². The molecule has 3 N–H and O–H groups in total. The zero-order chi connectivity index (χ0) is 28.1. The maximum atomic E-state index is 11.6. The normalized spacial score (nSPS) is 11.1. The SMILES string of the molecule is CCN/C(=C(\OC(CC)CN)C(C)=O)N(C)C.Cc1ccccc1.Cc1ccccc1.Cc1cccs1. The van der Waals surface area contributed by atoms with E-state index >= 15 is 0 Å². The highest BCUT2D eigenvalue weighted by molar-refractivity contribution is 7.09. The highest BCUT2D eigenvalue weighted by Gasteiger charge is 2.18. The van der Waals surface area contributed by atoms with Gasteiger partial charge in [-0.25, -0.2) is 0 Å². The van der Waals surface area contributed by atoms with Crippen LogP contribution in [0.15, 0.2) is 89.8 Å². The summed E-state index contributed by atoms with van der Waals surface area (Å²) in [5.41, 5.74) is 8.23. The van der Waals surface area contributed by atoms with Crippen molar-refractivity contribution in [1.29, 1.82) is 0 Å². The number of nitrogens with zero attached hydrogens (tertiary/aromatic N) is 1. The van der Waals surface area contributed by atoms with Gasteiger partial charge in [0.2, 0.25) is 5.76 Å². The molecule has 3 aromatic rings. The molecule has 2 aromatic carbocycles. The molecule has 1 aromatic heterocycles. The molecule has 1 unspecified atom stereocenters. The van der Waals surface area contributed by atoms with E-state index in [4.69, 9.17) is 10.5 Å². The molecule has 0 spiro atoms. The van der Waals surface area contributed by atoms with Crippen LogP contribution in [0.2, 0.25) is 0 Å². The molecular weight excluding hydrogens is 478 g/mol. The first kappa shape index (κ1) is 33.9. The Kier molecular flexibility index (Phi) is 19.3. The Morgan fingerprint density at radius 3 is 1.65 bits per heavy atom. The molecule has 3 rings (SSSR count). The number of carbonyl (C=O) groups excluding carboxylic acids is 1. The average Bonchev–Trinajstić information content (AvgIpc) is 3.36. The molecule has 1 atom stereocenters. The molecule has 0 saturated carbocycles. The second kappa shape index (κ2) is 21.0. The summed E-state index contributed by atoms with van der Waals surface area (Å²) in [5, 5.41) is 5.21. The van der Waals surface area contributed by atoms with Gasteiger partial charge in [0.05, 0.1) is 0 Å². The van der Waals surface area contributed by atoms with E-state index in [0.717, 1.165) is 13.0 Å². The third kappa shape index (κ3) is 17.1. The largest absolute Gasteiger partial charge is 0.482 e. The first-order valence-electron chi connectivity index (χ1n) is 12.7. The molecule has 5 nitrogen and oxygen atoms in total. The van der Waals surface area contributed by atoms with Gasteiger partial charge in [0.15, 0.2) is 5.78 Å². The number of hydrogen-bond acceptors (Lipinski definition) is 6. The van der Waals surface area contributed by atoms with Crippen LogP contribution in [0.25, 0.3) is 0 Å². The quantitative estimate of drug-likeness (QED) is 0.252. The van der Waals surface area contributed by atoms with E-state index < -0.39 is 0 Å². The fourth-order valence-electron chi connectivity index (χ4n) is 2.81. The number of aryl methyl sites for hydroxylation is 3. The molecule has 0 aliphatic carbocycles. The van der Waals surface area contributed by atoms with E-state index in [1.165, 1.54) is 22.9 Å². The number of nitrogens with two attached hydrogens (primary N) is 1. The number of rotatable bonds is 8. The molecule has 0 bridgehead atoms. The van der Waals surface area contributed by atoms with Crippen molar-refractivity contribution in [2.45, 2.75) is 54.1 Å². The first-order chi connectivity index (χ1) is 17.7. The number of thiophene rings is 1. The summed E-state index contributed by atoms with van der Waals surface area (Å²) in [6.45, 7) is 12.9. The van der Waals surface area contributed by atoms with Gasteiger partial charge in [-0.05, 0) is 45.6 Å². The van der Waals surface area contributed by atoms with E-state index in [9.17, 15) is 4.79 Å². The lowest BCUT2D eigenvalue weighted by molar-refractivity contribution is -0.118. The average molecular weight is 526 g/mol. The Bertz CT molecular complexity index is 931. The van der Waals surface area contributed by atoms with Crippen LogP contribution in [0.4, 0.5) is 0 Å². The Balaban J connectivity index is 0.000000526. The Hall–Kier alpha value is -3.09. The number of ketones is 1. The monoisotopic (exact) mass is 525 g/mol. The van der Waals surface area contributed by atoms with Crippen LogP contribution in [-0.4, -0.2) is 44.0 Å².